The van der Waals surface area contributed by atoms with E-state index in [1.165, 1.54) is 88.5 Å². The molecule has 0 heterocycles. The predicted octanol–water partition coefficient (Wildman–Crippen LogP) is 8.58. The Labute approximate surface area is 226 Å². The molecule has 3 aromatic rings. The first kappa shape index (κ1) is 29.0. The second-order valence-electron chi connectivity index (χ2n) is 9.89. The maximum atomic E-state index is 13.0. The molecule has 3 rings (SSSR count). The van der Waals surface area contributed by atoms with E-state index in [2.05, 4.69) is 12.2 Å². The lowest BCUT2D eigenvalue weighted by Crippen LogP contribution is -2.13. The molecule has 3 aromatic carbocycles. The average molecular weight is 520 g/mol. The first-order valence-electron chi connectivity index (χ1n) is 14.0. The maximum Gasteiger partial charge on any atom is 0.335 e. The molecule has 0 saturated heterocycles. The van der Waals surface area contributed by atoms with Crippen molar-refractivity contribution in [3.63, 3.8) is 0 Å². The van der Waals surface area contributed by atoms with Gasteiger partial charge in [-0.05, 0) is 36.8 Å². The number of anilines is 1. The zero-order chi connectivity index (χ0) is 27.2. The Balaban J connectivity index is 1.50. The molecule has 0 aliphatic heterocycles. The minimum absolute atomic E-state index is 0.107. The van der Waals surface area contributed by atoms with Gasteiger partial charge >= 0.3 is 5.97 Å². The Morgan fingerprint density at radius 1 is 0.763 bits per heavy atom. The van der Waals surface area contributed by atoms with Crippen LogP contribution < -0.4 is 10.1 Å². The van der Waals surface area contributed by atoms with Gasteiger partial charge in [-0.2, -0.15) is 0 Å². The quantitative estimate of drug-likeness (QED) is 0.155. The van der Waals surface area contributed by atoms with Crippen LogP contribution in [0.1, 0.15) is 105 Å². The molecule has 0 radical (unpaired) electrons. The van der Waals surface area contributed by atoms with E-state index in [1.807, 2.05) is 18.2 Å². The molecule has 204 valence electrons. The molecule has 6 heteroatoms. The number of nitrogens with one attached hydrogen (secondary N) is 1. The van der Waals surface area contributed by atoms with E-state index in [0.717, 1.165) is 18.2 Å². The number of hydrogen-bond donors (Lipinski definition) is 3. The number of ether oxygens (including phenoxy) is 1. The van der Waals surface area contributed by atoms with Crippen molar-refractivity contribution in [2.24, 2.45) is 0 Å². The van der Waals surface area contributed by atoms with E-state index in [-0.39, 0.29) is 16.9 Å². The van der Waals surface area contributed by atoms with Crippen LogP contribution in [0, 0.1) is 0 Å². The number of phenolic OH excluding ortho intramolecular Hbond substituents is 1. The van der Waals surface area contributed by atoms with Crippen LogP contribution in [0.5, 0.6) is 11.5 Å². The molecule has 0 atom stereocenters. The van der Waals surface area contributed by atoms with Crippen LogP contribution in [-0.4, -0.2) is 28.7 Å². The van der Waals surface area contributed by atoms with Gasteiger partial charge in [0.25, 0.3) is 5.91 Å². The molecule has 0 spiro atoms. The van der Waals surface area contributed by atoms with Crippen LogP contribution in [0.15, 0.2) is 54.6 Å². The van der Waals surface area contributed by atoms with Gasteiger partial charge in [0.05, 0.1) is 17.7 Å². The molecule has 0 aliphatic carbocycles. The molecule has 3 N–H and O–H groups in total. The molecule has 0 aliphatic rings. The second-order valence-corrected chi connectivity index (χ2v) is 9.89. The fourth-order valence-electron chi connectivity index (χ4n) is 4.64. The van der Waals surface area contributed by atoms with E-state index in [0.29, 0.717) is 23.4 Å². The number of carbonyl (C=O) groups is 2. The summed E-state index contributed by atoms with van der Waals surface area (Å²) in [6.07, 6.45) is 15.3. The monoisotopic (exact) mass is 519 g/mol. The summed E-state index contributed by atoms with van der Waals surface area (Å²) in [7, 11) is 0. The summed E-state index contributed by atoms with van der Waals surface area (Å²) in [5.41, 5.74) is 0.673. The van der Waals surface area contributed by atoms with Gasteiger partial charge in [0, 0.05) is 16.5 Å². The molecular formula is C32H41NO5. The van der Waals surface area contributed by atoms with E-state index in [4.69, 9.17) is 9.84 Å². The minimum Gasteiger partial charge on any atom is -0.506 e. The van der Waals surface area contributed by atoms with Gasteiger partial charge < -0.3 is 20.3 Å². The summed E-state index contributed by atoms with van der Waals surface area (Å²) in [6.45, 7) is 2.80. The van der Waals surface area contributed by atoms with Crippen molar-refractivity contribution < 1.29 is 24.5 Å². The zero-order valence-corrected chi connectivity index (χ0v) is 22.5. The Kier molecular flexibility index (Phi) is 12.0. The lowest BCUT2D eigenvalue weighted by Gasteiger charge is -2.14. The molecule has 0 saturated carbocycles. The predicted molar refractivity (Wildman–Crippen MR) is 154 cm³/mol. The van der Waals surface area contributed by atoms with Crippen molar-refractivity contribution >= 4 is 28.3 Å². The van der Waals surface area contributed by atoms with Crippen LogP contribution >= 0.6 is 0 Å². The van der Waals surface area contributed by atoms with E-state index in [1.54, 1.807) is 12.1 Å². The molecule has 38 heavy (non-hydrogen) atoms. The number of hydrogen-bond acceptors (Lipinski definition) is 4. The summed E-state index contributed by atoms with van der Waals surface area (Å²) >= 11 is 0. The van der Waals surface area contributed by atoms with Gasteiger partial charge in [0.2, 0.25) is 0 Å². The molecule has 1 amide bonds. The molecule has 0 fully saturated rings. The number of benzene rings is 3. The lowest BCUT2D eigenvalue weighted by molar-refractivity contribution is 0.0696. The molecule has 0 aromatic heterocycles. The van der Waals surface area contributed by atoms with Gasteiger partial charge in [0.1, 0.15) is 11.5 Å². The minimum atomic E-state index is -1.04. The fourth-order valence-corrected chi connectivity index (χ4v) is 4.64. The van der Waals surface area contributed by atoms with Crippen molar-refractivity contribution in [1.29, 1.82) is 0 Å². The number of aromatic carboxylic acids is 1. The number of amides is 1. The van der Waals surface area contributed by atoms with Crippen LogP contribution in [0.25, 0.3) is 10.8 Å². The second kappa shape index (κ2) is 15.7. The summed E-state index contributed by atoms with van der Waals surface area (Å²) in [5, 5.41) is 23.9. The standard InChI is InChI=1S/C32H41NO5/c1-2-3-4-5-6-7-8-9-10-11-12-15-22-38-29-23-28(30(34)27-17-14-13-16-26(27)29)31(35)33-25-20-18-24(19-21-25)32(36)37/h13-14,16-21,23,34H,2-12,15,22H2,1H3,(H,33,35)(H,36,37). The molecule has 0 unspecified atom stereocenters. The first-order valence-corrected chi connectivity index (χ1v) is 14.0. The van der Waals surface area contributed by atoms with E-state index >= 15 is 0 Å². The van der Waals surface area contributed by atoms with E-state index in [9.17, 15) is 14.7 Å². The number of unbranched alkanes of at least 4 members (excludes halogenated alkanes) is 11. The van der Waals surface area contributed by atoms with Gasteiger partial charge in [0.15, 0.2) is 0 Å². The third-order valence-corrected chi connectivity index (χ3v) is 6.87. The number of aromatic hydroxyl groups is 1. The van der Waals surface area contributed by atoms with Gasteiger partial charge in [-0.15, -0.1) is 0 Å². The molecule has 0 bridgehead atoms. The number of carboxylic acid groups (broad SMARTS) is 1. The smallest absolute Gasteiger partial charge is 0.335 e. The highest BCUT2D eigenvalue weighted by molar-refractivity contribution is 6.11. The van der Waals surface area contributed by atoms with E-state index < -0.39 is 11.9 Å². The largest absolute Gasteiger partial charge is 0.506 e. The Morgan fingerprint density at radius 3 is 1.89 bits per heavy atom. The van der Waals surface area contributed by atoms with Crippen LogP contribution in [0.3, 0.4) is 0 Å². The van der Waals surface area contributed by atoms with Gasteiger partial charge in [-0.3, -0.25) is 4.79 Å². The van der Waals surface area contributed by atoms with Gasteiger partial charge in [-0.1, -0.05) is 102 Å². The third-order valence-electron chi connectivity index (χ3n) is 6.87. The van der Waals surface area contributed by atoms with Crippen molar-refractivity contribution in [2.45, 2.75) is 84.0 Å². The SMILES string of the molecule is CCCCCCCCCCCCCCOc1cc(C(=O)Nc2ccc(C(=O)O)cc2)c(O)c2ccccc12. The summed E-state index contributed by atoms with van der Waals surface area (Å²) in [5.74, 6) is -1.08. The van der Waals surface area contributed by atoms with Crippen molar-refractivity contribution in [3.8, 4) is 11.5 Å². The lowest BCUT2D eigenvalue weighted by atomic mass is 10.0. The Morgan fingerprint density at radius 2 is 1.32 bits per heavy atom. The number of carbonyl (C=O) groups excluding carboxylic acids is 1. The normalized spacial score (nSPS) is 11.0. The fraction of sp³-hybridized carbons (Fsp3) is 0.438. The molecule has 6 nitrogen and oxygen atoms in total. The number of fused-ring (bicyclic) bond motifs is 1. The maximum absolute atomic E-state index is 13.0. The number of rotatable bonds is 17. The first-order chi connectivity index (χ1) is 18.5. The number of phenols is 1. The summed E-state index contributed by atoms with van der Waals surface area (Å²) in [6, 6.07) is 14.8. The summed E-state index contributed by atoms with van der Waals surface area (Å²) in [4.78, 5) is 24.1. The Bertz CT molecular complexity index is 1170. The topological polar surface area (TPSA) is 95.9 Å². The number of carboxylic acids is 1. The summed E-state index contributed by atoms with van der Waals surface area (Å²) < 4.78 is 6.09. The van der Waals surface area contributed by atoms with Crippen molar-refractivity contribution in [2.75, 3.05) is 11.9 Å². The van der Waals surface area contributed by atoms with Gasteiger partial charge in [-0.25, -0.2) is 4.79 Å². The molecular weight excluding hydrogens is 478 g/mol. The highest BCUT2D eigenvalue weighted by atomic mass is 16.5. The highest BCUT2D eigenvalue weighted by Gasteiger charge is 2.18. The Hall–Kier alpha value is -3.54. The van der Waals surface area contributed by atoms with Crippen molar-refractivity contribution in [1.82, 2.24) is 0 Å². The van der Waals surface area contributed by atoms with Crippen molar-refractivity contribution in [3.05, 3.63) is 65.7 Å². The average Bonchev–Trinajstić information content (AvgIpc) is 2.92. The van der Waals surface area contributed by atoms with Crippen LogP contribution in [0.4, 0.5) is 5.69 Å². The zero-order valence-electron chi connectivity index (χ0n) is 22.5. The highest BCUT2D eigenvalue weighted by Crippen LogP contribution is 2.36. The van der Waals surface area contributed by atoms with Crippen LogP contribution in [-0.2, 0) is 0 Å². The third kappa shape index (κ3) is 8.79. The van der Waals surface area contributed by atoms with Crippen LogP contribution in [0.2, 0.25) is 0 Å².